The molecular weight excluding hydrogens is 330 g/mol. The summed E-state index contributed by atoms with van der Waals surface area (Å²) in [4.78, 5) is 36.5. The lowest BCUT2D eigenvalue weighted by Gasteiger charge is -2.19. The SMILES string of the molecule is COc1ccc([N+](=O)[O-])cc1CN1C(=O)NC(C)(c2ccco2)C1=O. The van der Waals surface area contributed by atoms with Crippen LogP contribution in [0, 0.1) is 10.1 Å². The summed E-state index contributed by atoms with van der Waals surface area (Å²) < 4.78 is 10.4. The van der Waals surface area contributed by atoms with Crippen LogP contribution in [0.4, 0.5) is 10.5 Å². The van der Waals surface area contributed by atoms with E-state index in [9.17, 15) is 19.7 Å². The average molecular weight is 345 g/mol. The van der Waals surface area contributed by atoms with Crippen molar-refractivity contribution in [2.45, 2.75) is 19.0 Å². The number of amides is 3. The quantitative estimate of drug-likeness (QED) is 0.504. The Balaban J connectivity index is 1.93. The lowest BCUT2D eigenvalue weighted by atomic mass is 9.99. The maximum atomic E-state index is 12.8. The van der Waals surface area contributed by atoms with Gasteiger partial charge in [0.25, 0.3) is 11.6 Å². The normalized spacial score (nSPS) is 19.8. The number of methoxy groups -OCH3 is 1. The van der Waals surface area contributed by atoms with Gasteiger partial charge in [0.2, 0.25) is 0 Å². The highest BCUT2D eigenvalue weighted by molar-refractivity contribution is 6.06. The molecule has 0 saturated carbocycles. The molecule has 0 bridgehead atoms. The largest absolute Gasteiger partial charge is 0.496 e. The minimum absolute atomic E-state index is 0.156. The molecule has 2 heterocycles. The van der Waals surface area contributed by atoms with E-state index in [2.05, 4.69) is 5.32 Å². The molecule has 1 unspecified atom stereocenters. The summed E-state index contributed by atoms with van der Waals surface area (Å²) >= 11 is 0. The number of ether oxygens (including phenoxy) is 1. The van der Waals surface area contributed by atoms with E-state index in [1.165, 1.54) is 38.5 Å². The Kier molecular flexibility index (Phi) is 3.91. The van der Waals surface area contributed by atoms with Crippen LogP contribution in [0.25, 0.3) is 0 Å². The standard InChI is InChI=1S/C16H15N3O6/c1-16(13-4-3-7-25-13)14(20)18(15(21)17-16)9-10-8-11(19(22)23)5-6-12(10)24-2/h3-8H,9H2,1-2H3,(H,17,21). The van der Waals surface area contributed by atoms with Crippen LogP contribution < -0.4 is 10.1 Å². The number of furan rings is 1. The molecule has 130 valence electrons. The first-order chi connectivity index (χ1) is 11.9. The van der Waals surface area contributed by atoms with Gasteiger partial charge in [-0.05, 0) is 25.1 Å². The summed E-state index contributed by atoms with van der Waals surface area (Å²) in [5, 5.41) is 13.6. The van der Waals surface area contributed by atoms with E-state index < -0.39 is 22.4 Å². The summed E-state index contributed by atoms with van der Waals surface area (Å²) in [5.41, 5.74) is -1.13. The molecule has 2 aromatic rings. The van der Waals surface area contributed by atoms with Crippen molar-refractivity contribution in [1.29, 1.82) is 0 Å². The summed E-state index contributed by atoms with van der Waals surface area (Å²) in [5.74, 6) is 0.137. The van der Waals surface area contributed by atoms with Crippen LogP contribution in [-0.2, 0) is 16.9 Å². The van der Waals surface area contributed by atoms with Crippen molar-refractivity contribution >= 4 is 17.6 Å². The van der Waals surface area contributed by atoms with Crippen LogP contribution in [0.3, 0.4) is 0 Å². The van der Waals surface area contributed by atoms with Crippen molar-refractivity contribution in [2.24, 2.45) is 0 Å². The predicted octanol–water partition coefficient (Wildman–Crippen LogP) is 2.16. The Labute approximate surface area is 142 Å². The van der Waals surface area contributed by atoms with Crippen molar-refractivity contribution < 1.29 is 23.7 Å². The number of carbonyl (C=O) groups excluding carboxylic acids is 2. The molecule has 1 aliphatic heterocycles. The average Bonchev–Trinajstić information content (AvgIpc) is 3.19. The molecule has 25 heavy (non-hydrogen) atoms. The Hall–Kier alpha value is -3.36. The fourth-order valence-corrected chi connectivity index (χ4v) is 2.74. The van der Waals surface area contributed by atoms with E-state index in [0.29, 0.717) is 17.1 Å². The third-order valence-corrected chi connectivity index (χ3v) is 4.09. The first kappa shape index (κ1) is 16.5. The maximum Gasteiger partial charge on any atom is 0.325 e. The van der Waals surface area contributed by atoms with Crippen LogP contribution in [-0.4, -0.2) is 28.9 Å². The van der Waals surface area contributed by atoms with Gasteiger partial charge in [-0.3, -0.25) is 19.8 Å². The molecule has 1 fully saturated rings. The van der Waals surface area contributed by atoms with Crippen molar-refractivity contribution in [3.05, 3.63) is 58.0 Å². The molecule has 1 aromatic carbocycles. The van der Waals surface area contributed by atoms with Crippen LogP contribution in [0.1, 0.15) is 18.2 Å². The molecular formula is C16H15N3O6. The number of carbonyl (C=O) groups is 2. The second kappa shape index (κ2) is 5.93. The first-order valence-electron chi connectivity index (χ1n) is 7.36. The van der Waals surface area contributed by atoms with Gasteiger partial charge in [0.15, 0.2) is 5.54 Å². The molecule has 3 rings (SSSR count). The zero-order valence-electron chi connectivity index (χ0n) is 13.5. The topological polar surface area (TPSA) is 115 Å². The Bertz CT molecular complexity index is 848. The zero-order chi connectivity index (χ0) is 18.2. The van der Waals surface area contributed by atoms with E-state index in [1.807, 2.05) is 0 Å². The number of nitro groups is 1. The van der Waals surface area contributed by atoms with Crippen LogP contribution in [0.15, 0.2) is 41.0 Å². The maximum absolute atomic E-state index is 12.8. The molecule has 1 saturated heterocycles. The number of hydrogen-bond donors (Lipinski definition) is 1. The van der Waals surface area contributed by atoms with E-state index >= 15 is 0 Å². The smallest absolute Gasteiger partial charge is 0.325 e. The van der Waals surface area contributed by atoms with E-state index in [-0.39, 0.29) is 12.2 Å². The molecule has 1 aromatic heterocycles. The highest BCUT2D eigenvalue weighted by atomic mass is 16.6. The number of nitro benzene ring substituents is 1. The van der Waals surface area contributed by atoms with Crippen LogP contribution in [0.2, 0.25) is 0 Å². The molecule has 1 N–H and O–H groups in total. The number of imide groups is 1. The summed E-state index contributed by atoms with van der Waals surface area (Å²) in [6, 6.07) is 6.60. The Morgan fingerprint density at radius 3 is 2.72 bits per heavy atom. The monoisotopic (exact) mass is 345 g/mol. The van der Waals surface area contributed by atoms with Gasteiger partial charge < -0.3 is 14.5 Å². The van der Waals surface area contributed by atoms with Crippen molar-refractivity contribution in [3.8, 4) is 5.75 Å². The predicted molar refractivity (Wildman–Crippen MR) is 84.8 cm³/mol. The molecule has 9 nitrogen and oxygen atoms in total. The minimum Gasteiger partial charge on any atom is -0.496 e. The number of hydrogen-bond acceptors (Lipinski definition) is 6. The lowest BCUT2D eigenvalue weighted by Crippen LogP contribution is -2.40. The van der Waals surface area contributed by atoms with Crippen molar-refractivity contribution in [3.63, 3.8) is 0 Å². The van der Waals surface area contributed by atoms with Crippen LogP contribution in [0.5, 0.6) is 5.75 Å². The number of urea groups is 1. The van der Waals surface area contributed by atoms with Gasteiger partial charge in [0.05, 0.1) is 24.8 Å². The highest BCUT2D eigenvalue weighted by Gasteiger charge is 2.51. The molecule has 1 aliphatic rings. The van der Waals surface area contributed by atoms with Gasteiger partial charge in [-0.1, -0.05) is 0 Å². The van der Waals surface area contributed by atoms with Gasteiger partial charge >= 0.3 is 6.03 Å². The Morgan fingerprint density at radius 2 is 2.12 bits per heavy atom. The second-order valence-electron chi connectivity index (χ2n) is 5.68. The third-order valence-electron chi connectivity index (χ3n) is 4.09. The summed E-state index contributed by atoms with van der Waals surface area (Å²) in [7, 11) is 1.41. The van der Waals surface area contributed by atoms with E-state index in [4.69, 9.17) is 9.15 Å². The molecule has 3 amide bonds. The highest BCUT2D eigenvalue weighted by Crippen LogP contribution is 2.32. The molecule has 0 aliphatic carbocycles. The van der Waals surface area contributed by atoms with Gasteiger partial charge in [-0.2, -0.15) is 0 Å². The van der Waals surface area contributed by atoms with Gasteiger partial charge in [0.1, 0.15) is 11.5 Å². The van der Waals surface area contributed by atoms with E-state index in [1.54, 1.807) is 12.1 Å². The number of non-ortho nitro benzene ring substituents is 1. The number of benzene rings is 1. The number of rotatable bonds is 5. The number of nitrogens with one attached hydrogen (secondary N) is 1. The van der Waals surface area contributed by atoms with Gasteiger partial charge in [-0.15, -0.1) is 0 Å². The molecule has 1 atom stereocenters. The molecule has 0 radical (unpaired) electrons. The van der Waals surface area contributed by atoms with Gasteiger partial charge in [0, 0.05) is 17.7 Å². The lowest BCUT2D eigenvalue weighted by molar-refractivity contribution is -0.384. The number of nitrogens with zero attached hydrogens (tertiary/aromatic N) is 2. The van der Waals surface area contributed by atoms with E-state index in [0.717, 1.165) is 4.90 Å². The Morgan fingerprint density at radius 1 is 1.36 bits per heavy atom. The zero-order valence-corrected chi connectivity index (χ0v) is 13.5. The minimum atomic E-state index is -1.32. The van der Waals surface area contributed by atoms with Crippen molar-refractivity contribution in [1.82, 2.24) is 10.2 Å². The van der Waals surface area contributed by atoms with Gasteiger partial charge in [-0.25, -0.2) is 4.79 Å². The third kappa shape index (κ3) is 2.69. The summed E-state index contributed by atoms with van der Waals surface area (Å²) in [6.07, 6.45) is 1.41. The van der Waals surface area contributed by atoms with Crippen molar-refractivity contribution in [2.75, 3.05) is 7.11 Å². The molecule has 0 spiro atoms. The van der Waals surface area contributed by atoms with Crippen LogP contribution >= 0.6 is 0 Å². The summed E-state index contributed by atoms with van der Waals surface area (Å²) in [6.45, 7) is 1.38. The molecule has 9 heteroatoms. The second-order valence-corrected chi connectivity index (χ2v) is 5.68. The fraction of sp³-hybridized carbons (Fsp3) is 0.250. The first-order valence-corrected chi connectivity index (χ1v) is 7.36. The fourth-order valence-electron chi connectivity index (χ4n) is 2.74.